The molecule has 1 N–H and O–H groups in total. The molecule has 4 nitrogen and oxygen atoms in total. The molecule has 144 valence electrons. The Hall–Kier alpha value is -1.56. The van der Waals surface area contributed by atoms with Gasteiger partial charge >= 0.3 is 5.97 Å². The zero-order valence-electron chi connectivity index (χ0n) is 15.2. The quantitative estimate of drug-likeness (QED) is 0.638. The van der Waals surface area contributed by atoms with Gasteiger partial charge in [-0.15, -0.1) is 0 Å². The second kappa shape index (κ2) is 9.09. The number of hydrogen-bond acceptors (Lipinski definition) is 3. The molecule has 2 aromatic rings. The summed E-state index contributed by atoms with van der Waals surface area (Å²) in [6.07, 6.45) is 1.30. The lowest BCUT2D eigenvalue weighted by Gasteiger charge is -2.37. The molecule has 0 saturated carbocycles. The summed E-state index contributed by atoms with van der Waals surface area (Å²) in [5.74, 6) is -0.114. The number of rotatable bonds is 6. The molecule has 27 heavy (non-hydrogen) atoms. The molecule has 6 heteroatoms. The first-order chi connectivity index (χ1) is 13.0. The highest BCUT2D eigenvalue weighted by Crippen LogP contribution is 2.39. The van der Waals surface area contributed by atoms with Gasteiger partial charge in [-0.3, -0.25) is 9.69 Å². The van der Waals surface area contributed by atoms with E-state index in [0.29, 0.717) is 24.5 Å². The number of piperidine rings is 1. The number of carboxylic acids is 1. The van der Waals surface area contributed by atoms with Gasteiger partial charge in [0.25, 0.3) is 0 Å². The van der Waals surface area contributed by atoms with Gasteiger partial charge in [0.05, 0.1) is 18.6 Å². The van der Waals surface area contributed by atoms with Crippen LogP contribution in [0.25, 0.3) is 0 Å². The molecular weight excluding hydrogens is 430 g/mol. The Kier molecular flexibility index (Phi) is 6.79. The van der Waals surface area contributed by atoms with Gasteiger partial charge in [0.15, 0.2) is 0 Å². The Bertz CT molecular complexity index is 789. The van der Waals surface area contributed by atoms with Crippen molar-refractivity contribution in [3.05, 3.63) is 63.1 Å². The molecule has 0 radical (unpaired) electrons. The molecular formula is C21H23BrClNO3. The topological polar surface area (TPSA) is 49.8 Å². The summed E-state index contributed by atoms with van der Waals surface area (Å²) in [5.41, 5.74) is 2.19. The molecule has 2 aromatic carbocycles. The van der Waals surface area contributed by atoms with Crippen molar-refractivity contribution in [2.75, 3.05) is 19.7 Å². The number of likely N-dealkylation sites (tertiary alicyclic amines) is 1. The average molecular weight is 453 g/mol. The molecule has 1 aliphatic heterocycles. The van der Waals surface area contributed by atoms with Crippen molar-refractivity contribution in [3.63, 3.8) is 0 Å². The van der Waals surface area contributed by atoms with Crippen LogP contribution in [0, 0.1) is 5.92 Å². The van der Waals surface area contributed by atoms with E-state index in [2.05, 4.69) is 26.9 Å². The van der Waals surface area contributed by atoms with Crippen molar-refractivity contribution in [1.82, 2.24) is 4.90 Å². The highest BCUT2D eigenvalue weighted by atomic mass is 79.9. The summed E-state index contributed by atoms with van der Waals surface area (Å²) in [6, 6.07) is 13.9. The van der Waals surface area contributed by atoms with E-state index in [1.807, 2.05) is 43.3 Å². The van der Waals surface area contributed by atoms with Gasteiger partial charge in [0, 0.05) is 15.1 Å². The minimum absolute atomic E-state index is 0.0175. The zero-order valence-corrected chi connectivity index (χ0v) is 17.5. The fourth-order valence-corrected chi connectivity index (χ4v) is 4.16. The van der Waals surface area contributed by atoms with Crippen LogP contribution in [0.4, 0.5) is 0 Å². The van der Waals surface area contributed by atoms with E-state index in [4.69, 9.17) is 16.3 Å². The summed E-state index contributed by atoms with van der Waals surface area (Å²) in [5, 5.41) is 10.0. The third-order valence-corrected chi connectivity index (χ3v) is 5.74. The van der Waals surface area contributed by atoms with E-state index < -0.39 is 5.97 Å². The van der Waals surface area contributed by atoms with E-state index >= 15 is 0 Å². The van der Waals surface area contributed by atoms with Crippen molar-refractivity contribution in [3.8, 4) is 5.75 Å². The molecule has 1 saturated heterocycles. The van der Waals surface area contributed by atoms with Crippen LogP contribution in [0.15, 0.2) is 46.9 Å². The fraction of sp³-hybridized carbons (Fsp3) is 0.381. The molecule has 1 heterocycles. The van der Waals surface area contributed by atoms with E-state index in [9.17, 15) is 9.90 Å². The van der Waals surface area contributed by atoms with Crippen LogP contribution < -0.4 is 4.74 Å². The molecule has 0 bridgehead atoms. The summed E-state index contributed by atoms with van der Waals surface area (Å²) >= 11 is 9.68. The van der Waals surface area contributed by atoms with E-state index in [1.54, 1.807) is 0 Å². The first-order valence-corrected chi connectivity index (χ1v) is 10.3. The number of benzene rings is 2. The number of aliphatic carboxylic acids is 1. The van der Waals surface area contributed by atoms with Crippen molar-refractivity contribution in [2.24, 2.45) is 5.92 Å². The van der Waals surface area contributed by atoms with Gasteiger partial charge < -0.3 is 9.84 Å². The van der Waals surface area contributed by atoms with E-state index in [-0.39, 0.29) is 12.0 Å². The molecule has 1 atom stereocenters. The second-order valence-corrected chi connectivity index (χ2v) is 8.07. The first-order valence-electron chi connectivity index (χ1n) is 9.14. The standard InChI is InChI=1S/C21H23BrClNO3/c1-2-27-19-8-5-16(22)13-18(19)20(14-3-6-17(23)7-4-14)24-11-9-15(10-12-24)21(25)26/h3-8,13,15,20H,2,9-12H2,1H3,(H,25,26). The van der Waals surface area contributed by atoms with E-state index in [0.717, 1.165) is 34.4 Å². The third kappa shape index (κ3) is 4.84. The van der Waals surface area contributed by atoms with Gasteiger partial charge in [-0.05, 0) is 68.8 Å². The maximum absolute atomic E-state index is 11.3. The Balaban J connectivity index is 2.00. The smallest absolute Gasteiger partial charge is 0.306 e. The predicted octanol–water partition coefficient (Wildman–Crippen LogP) is 5.39. The minimum Gasteiger partial charge on any atom is -0.494 e. The molecule has 0 aliphatic carbocycles. The first kappa shape index (κ1) is 20.2. The number of carboxylic acid groups (broad SMARTS) is 1. The van der Waals surface area contributed by atoms with Crippen LogP contribution in [0.2, 0.25) is 5.02 Å². The van der Waals surface area contributed by atoms with Crippen molar-refractivity contribution in [2.45, 2.75) is 25.8 Å². The normalized spacial score (nSPS) is 16.9. The number of hydrogen-bond donors (Lipinski definition) is 1. The van der Waals surface area contributed by atoms with Crippen LogP contribution in [0.1, 0.15) is 36.9 Å². The lowest BCUT2D eigenvalue weighted by Crippen LogP contribution is -2.39. The fourth-order valence-electron chi connectivity index (χ4n) is 3.66. The van der Waals surface area contributed by atoms with Crippen molar-refractivity contribution in [1.29, 1.82) is 0 Å². The lowest BCUT2D eigenvalue weighted by atomic mass is 9.91. The monoisotopic (exact) mass is 451 g/mol. The van der Waals surface area contributed by atoms with Gasteiger partial charge in [-0.2, -0.15) is 0 Å². The van der Waals surface area contributed by atoms with Gasteiger partial charge in [-0.25, -0.2) is 0 Å². The maximum Gasteiger partial charge on any atom is 0.306 e. The number of nitrogens with zero attached hydrogens (tertiary/aromatic N) is 1. The van der Waals surface area contributed by atoms with Gasteiger partial charge in [0.1, 0.15) is 5.75 Å². The molecule has 0 aromatic heterocycles. The highest BCUT2D eigenvalue weighted by molar-refractivity contribution is 9.10. The van der Waals surface area contributed by atoms with Crippen LogP contribution in [0.3, 0.4) is 0 Å². The second-order valence-electron chi connectivity index (χ2n) is 6.72. The van der Waals surface area contributed by atoms with E-state index in [1.165, 1.54) is 0 Å². The molecule has 1 aliphatic rings. The Morgan fingerprint density at radius 1 is 1.26 bits per heavy atom. The van der Waals surface area contributed by atoms with Crippen LogP contribution >= 0.6 is 27.5 Å². The molecule has 1 fully saturated rings. The largest absolute Gasteiger partial charge is 0.494 e. The number of ether oxygens (including phenoxy) is 1. The molecule has 0 amide bonds. The summed E-state index contributed by atoms with van der Waals surface area (Å²) in [4.78, 5) is 13.7. The lowest BCUT2D eigenvalue weighted by molar-refractivity contribution is -0.143. The number of carbonyl (C=O) groups is 1. The van der Waals surface area contributed by atoms with Crippen LogP contribution in [0.5, 0.6) is 5.75 Å². The van der Waals surface area contributed by atoms with Crippen molar-refractivity contribution >= 4 is 33.5 Å². The predicted molar refractivity (Wildman–Crippen MR) is 111 cm³/mol. The van der Waals surface area contributed by atoms with Crippen LogP contribution in [-0.4, -0.2) is 35.7 Å². The molecule has 3 rings (SSSR count). The SMILES string of the molecule is CCOc1ccc(Br)cc1C(c1ccc(Cl)cc1)N1CCC(C(=O)O)CC1. The molecule has 0 spiro atoms. The number of halogens is 2. The maximum atomic E-state index is 11.3. The van der Waals surface area contributed by atoms with Gasteiger partial charge in [-0.1, -0.05) is 39.7 Å². The Labute approximate surface area is 173 Å². The Morgan fingerprint density at radius 2 is 1.93 bits per heavy atom. The zero-order chi connectivity index (χ0) is 19.4. The van der Waals surface area contributed by atoms with Gasteiger partial charge in [0.2, 0.25) is 0 Å². The summed E-state index contributed by atoms with van der Waals surface area (Å²) < 4.78 is 6.89. The van der Waals surface area contributed by atoms with Crippen molar-refractivity contribution < 1.29 is 14.6 Å². The molecule has 1 unspecified atom stereocenters. The average Bonchev–Trinajstić information content (AvgIpc) is 2.66. The third-order valence-electron chi connectivity index (χ3n) is 5.00. The Morgan fingerprint density at radius 3 is 2.52 bits per heavy atom. The minimum atomic E-state index is -0.699. The van der Waals surface area contributed by atoms with Crippen LogP contribution in [-0.2, 0) is 4.79 Å². The summed E-state index contributed by atoms with van der Waals surface area (Å²) in [7, 11) is 0. The summed E-state index contributed by atoms with van der Waals surface area (Å²) in [6.45, 7) is 4.01. The highest BCUT2D eigenvalue weighted by Gasteiger charge is 2.31.